The van der Waals surface area contributed by atoms with E-state index >= 15 is 0 Å². The van der Waals surface area contributed by atoms with E-state index in [1.54, 1.807) is 0 Å². The Morgan fingerprint density at radius 1 is 1.21 bits per heavy atom. The predicted molar refractivity (Wildman–Crippen MR) is 68.3 cm³/mol. The van der Waals surface area contributed by atoms with Crippen LogP contribution in [0, 0.1) is 5.92 Å². The summed E-state index contributed by atoms with van der Waals surface area (Å²) < 4.78 is 9.34. The van der Waals surface area contributed by atoms with Gasteiger partial charge in [0.25, 0.3) is 0 Å². The molecule has 1 unspecified atom stereocenters. The summed E-state index contributed by atoms with van der Waals surface area (Å²) in [5, 5.41) is 0. The van der Waals surface area contributed by atoms with Crippen molar-refractivity contribution in [1.82, 2.24) is 0 Å². The molecule has 0 aromatic rings. The van der Waals surface area contributed by atoms with Gasteiger partial charge in [0.15, 0.2) is 5.78 Å². The number of esters is 2. The molecular formula is C14H20O5. The number of carbonyl (C=O) groups excluding carboxylic acids is 3. The summed E-state index contributed by atoms with van der Waals surface area (Å²) >= 11 is 0. The van der Waals surface area contributed by atoms with E-state index in [0.717, 1.165) is 19.3 Å². The highest BCUT2D eigenvalue weighted by Crippen LogP contribution is 2.34. The van der Waals surface area contributed by atoms with Crippen LogP contribution in [0.4, 0.5) is 0 Å². The number of ketones is 1. The zero-order chi connectivity index (χ0) is 14.4. The minimum atomic E-state index is -0.650. The highest BCUT2D eigenvalue weighted by molar-refractivity contribution is 6.21. The van der Waals surface area contributed by atoms with Gasteiger partial charge >= 0.3 is 11.9 Å². The first-order valence-corrected chi connectivity index (χ1v) is 6.49. The van der Waals surface area contributed by atoms with Crippen molar-refractivity contribution in [3.05, 3.63) is 11.1 Å². The Labute approximate surface area is 112 Å². The number of carbonyl (C=O) groups is 3. The molecule has 0 saturated heterocycles. The van der Waals surface area contributed by atoms with E-state index in [-0.39, 0.29) is 17.8 Å². The molecule has 0 heterocycles. The Bertz CT molecular complexity index is 408. The van der Waals surface area contributed by atoms with E-state index < -0.39 is 17.9 Å². The molecule has 1 atom stereocenters. The number of methoxy groups -OCH3 is 2. The fraction of sp³-hybridized carbons (Fsp3) is 0.643. The van der Waals surface area contributed by atoms with E-state index in [9.17, 15) is 14.4 Å². The zero-order valence-electron chi connectivity index (χ0n) is 11.7. The molecule has 0 aliphatic heterocycles. The molecule has 1 rings (SSSR count). The van der Waals surface area contributed by atoms with Crippen LogP contribution in [0.3, 0.4) is 0 Å². The number of unbranched alkanes of at least 4 members (excludes halogenated alkanes) is 2. The fourth-order valence-electron chi connectivity index (χ4n) is 2.34. The van der Waals surface area contributed by atoms with Gasteiger partial charge in [-0.25, -0.2) is 4.79 Å². The molecule has 0 bridgehead atoms. The van der Waals surface area contributed by atoms with E-state index in [0.29, 0.717) is 12.0 Å². The maximum Gasteiger partial charge on any atom is 0.341 e. The average molecular weight is 268 g/mol. The van der Waals surface area contributed by atoms with Gasteiger partial charge in [-0.15, -0.1) is 0 Å². The van der Waals surface area contributed by atoms with Crippen molar-refractivity contribution in [3.8, 4) is 0 Å². The summed E-state index contributed by atoms with van der Waals surface area (Å²) in [5.74, 6) is -2.06. The Kier molecular flexibility index (Phi) is 5.73. The van der Waals surface area contributed by atoms with Gasteiger partial charge in [0.05, 0.1) is 20.1 Å². The van der Waals surface area contributed by atoms with Crippen LogP contribution < -0.4 is 0 Å². The molecule has 0 N–H and O–H groups in total. The van der Waals surface area contributed by atoms with E-state index in [1.807, 2.05) is 0 Å². The first kappa shape index (κ1) is 15.4. The number of rotatable bonds is 6. The maximum absolute atomic E-state index is 11.9. The van der Waals surface area contributed by atoms with Crippen molar-refractivity contribution < 1.29 is 23.9 Å². The number of hydrogen-bond acceptors (Lipinski definition) is 5. The topological polar surface area (TPSA) is 69.7 Å². The molecular weight excluding hydrogens is 248 g/mol. The van der Waals surface area contributed by atoms with Gasteiger partial charge in [0.1, 0.15) is 5.57 Å². The lowest BCUT2D eigenvalue weighted by Crippen LogP contribution is -2.16. The molecule has 106 valence electrons. The second-order valence-electron chi connectivity index (χ2n) is 4.55. The molecule has 0 aromatic carbocycles. The fourth-order valence-corrected chi connectivity index (χ4v) is 2.34. The zero-order valence-corrected chi connectivity index (χ0v) is 11.7. The van der Waals surface area contributed by atoms with Crippen molar-refractivity contribution in [1.29, 1.82) is 0 Å². The quantitative estimate of drug-likeness (QED) is 0.417. The summed E-state index contributed by atoms with van der Waals surface area (Å²) in [5.41, 5.74) is 0.631. The third kappa shape index (κ3) is 3.43. The molecule has 1 aliphatic carbocycles. The molecule has 0 fully saturated rings. The van der Waals surface area contributed by atoms with Gasteiger partial charge in [-0.3, -0.25) is 9.59 Å². The summed E-state index contributed by atoms with van der Waals surface area (Å²) in [4.78, 5) is 35.3. The standard InChI is InChI=1S/C14H20O5/c1-4-5-6-7-9-10(13(16)18-2)8-11(15)12(9)14(17)19-3/h10H,4-8H2,1-3H3. The average Bonchev–Trinajstić information content (AvgIpc) is 2.74. The lowest BCUT2D eigenvalue weighted by Gasteiger charge is -2.12. The van der Waals surface area contributed by atoms with Crippen LogP contribution in [-0.4, -0.2) is 31.9 Å². The third-order valence-electron chi connectivity index (χ3n) is 3.33. The van der Waals surface area contributed by atoms with Crippen LogP contribution in [0.1, 0.15) is 39.0 Å². The second kappa shape index (κ2) is 7.07. The van der Waals surface area contributed by atoms with Crippen molar-refractivity contribution in [2.45, 2.75) is 39.0 Å². The largest absolute Gasteiger partial charge is 0.469 e. The Hall–Kier alpha value is -1.65. The van der Waals surface area contributed by atoms with Crippen LogP contribution in [0.2, 0.25) is 0 Å². The molecule has 5 heteroatoms. The Morgan fingerprint density at radius 3 is 2.42 bits per heavy atom. The number of hydrogen-bond donors (Lipinski definition) is 0. The number of Topliss-reactive ketones (excluding diaryl/α,β-unsaturated/α-hetero) is 1. The van der Waals surface area contributed by atoms with Crippen LogP contribution >= 0.6 is 0 Å². The monoisotopic (exact) mass is 268 g/mol. The molecule has 0 radical (unpaired) electrons. The molecule has 19 heavy (non-hydrogen) atoms. The van der Waals surface area contributed by atoms with Crippen LogP contribution in [-0.2, 0) is 23.9 Å². The first-order chi connectivity index (χ1) is 9.06. The van der Waals surface area contributed by atoms with Crippen molar-refractivity contribution >= 4 is 17.7 Å². The van der Waals surface area contributed by atoms with Crippen molar-refractivity contribution in [3.63, 3.8) is 0 Å². The normalized spacial score (nSPS) is 18.7. The predicted octanol–water partition coefficient (Wildman–Crippen LogP) is 1.80. The summed E-state index contributed by atoms with van der Waals surface area (Å²) in [6.07, 6.45) is 3.42. The summed E-state index contributed by atoms with van der Waals surface area (Å²) in [6.45, 7) is 2.06. The summed E-state index contributed by atoms with van der Waals surface area (Å²) in [6, 6.07) is 0. The van der Waals surface area contributed by atoms with Crippen LogP contribution in [0.15, 0.2) is 11.1 Å². The molecule has 5 nitrogen and oxygen atoms in total. The van der Waals surface area contributed by atoms with Gasteiger partial charge in [-0.1, -0.05) is 19.8 Å². The first-order valence-electron chi connectivity index (χ1n) is 6.49. The lowest BCUT2D eigenvalue weighted by molar-refractivity contribution is -0.145. The highest BCUT2D eigenvalue weighted by Gasteiger charge is 2.40. The molecule has 0 spiro atoms. The van der Waals surface area contributed by atoms with Crippen LogP contribution in [0.25, 0.3) is 0 Å². The van der Waals surface area contributed by atoms with Gasteiger partial charge in [-0.05, 0) is 18.4 Å². The van der Waals surface area contributed by atoms with E-state index in [2.05, 4.69) is 11.7 Å². The SMILES string of the molecule is CCCCCC1=C(C(=O)OC)C(=O)CC1C(=O)OC. The lowest BCUT2D eigenvalue weighted by atomic mass is 9.95. The second-order valence-corrected chi connectivity index (χ2v) is 4.55. The summed E-state index contributed by atoms with van der Waals surface area (Å²) in [7, 11) is 2.52. The Morgan fingerprint density at radius 2 is 1.89 bits per heavy atom. The molecule has 0 saturated carbocycles. The van der Waals surface area contributed by atoms with Crippen molar-refractivity contribution in [2.24, 2.45) is 5.92 Å². The Balaban J connectivity index is 3.03. The van der Waals surface area contributed by atoms with Crippen molar-refractivity contribution in [2.75, 3.05) is 14.2 Å². The van der Waals surface area contributed by atoms with Gasteiger partial charge in [0.2, 0.25) is 0 Å². The van der Waals surface area contributed by atoms with Gasteiger partial charge in [0, 0.05) is 6.42 Å². The smallest absolute Gasteiger partial charge is 0.341 e. The maximum atomic E-state index is 11.9. The van der Waals surface area contributed by atoms with Gasteiger partial charge in [-0.2, -0.15) is 0 Å². The minimum Gasteiger partial charge on any atom is -0.469 e. The minimum absolute atomic E-state index is 0.0125. The molecule has 0 amide bonds. The van der Waals surface area contributed by atoms with E-state index in [4.69, 9.17) is 4.74 Å². The third-order valence-corrected chi connectivity index (χ3v) is 3.33. The number of ether oxygens (including phenoxy) is 2. The highest BCUT2D eigenvalue weighted by atomic mass is 16.5. The molecule has 0 aromatic heterocycles. The van der Waals surface area contributed by atoms with Gasteiger partial charge < -0.3 is 9.47 Å². The molecule has 1 aliphatic rings. The van der Waals surface area contributed by atoms with E-state index in [1.165, 1.54) is 14.2 Å². The van der Waals surface area contributed by atoms with Crippen LogP contribution in [0.5, 0.6) is 0 Å².